The number of esters is 2. The molecule has 0 aliphatic rings. The molecule has 11 heteroatoms. The summed E-state index contributed by atoms with van der Waals surface area (Å²) in [7, 11) is 0. The zero-order valence-electron chi connectivity index (χ0n) is 19.9. The zero-order chi connectivity index (χ0) is 23.3. The third kappa shape index (κ3) is 41.1. The SMILES string of the molecule is CC(C)(C)OC(=O)CCOCCPI.CCCOCCC(=O)OC(C)(C)C.[K+].[PH-]I. The molecule has 0 aromatic rings. The summed E-state index contributed by atoms with van der Waals surface area (Å²) >= 11 is 4.28. The van der Waals surface area contributed by atoms with Crippen LogP contribution in [0.25, 0.3) is 0 Å². The van der Waals surface area contributed by atoms with E-state index in [4.69, 9.17) is 18.9 Å². The Morgan fingerprint density at radius 2 is 1.17 bits per heavy atom. The molecule has 1 unspecified atom stereocenters. The number of carbonyl (C=O) groups is 2. The summed E-state index contributed by atoms with van der Waals surface area (Å²) < 4.78 is 20.7. The first-order valence-corrected chi connectivity index (χ1v) is 17.5. The molecule has 0 radical (unpaired) electrons. The number of hydrogen-bond acceptors (Lipinski definition) is 6. The van der Waals surface area contributed by atoms with Crippen molar-refractivity contribution >= 4 is 69.1 Å². The number of carbonyl (C=O) groups excluding carboxylic acids is 2. The average molecular weight is 718 g/mol. The number of halogens is 2. The van der Waals surface area contributed by atoms with Crippen molar-refractivity contribution < 1.29 is 79.9 Å². The number of ether oxygens (including phenoxy) is 4. The Morgan fingerprint density at radius 3 is 1.47 bits per heavy atom. The molecular formula is C19H39I2KO6P2. The first-order chi connectivity index (χ1) is 13.4. The standard InChI is InChI=1S/C10H20O3.C9H18IO3P.HIP.K/c1-5-7-12-8-6-9(11)13-10(2,3)4;1-9(2,3)13-8(11)4-5-12-6-7-14-10;1-2;/h5-8H2,1-4H3;14H,4-7H2,1-3H3;2H;/q;;-1;+1. The van der Waals surface area contributed by atoms with Crippen LogP contribution in [0.4, 0.5) is 0 Å². The van der Waals surface area contributed by atoms with Crippen molar-refractivity contribution in [2.45, 2.75) is 78.9 Å². The molecule has 1 atom stereocenters. The van der Waals surface area contributed by atoms with E-state index in [1.165, 1.54) is 0 Å². The van der Waals surface area contributed by atoms with Crippen LogP contribution in [-0.2, 0) is 28.5 Å². The fourth-order valence-corrected chi connectivity index (χ4v) is 2.44. The minimum atomic E-state index is -0.388. The molecule has 6 nitrogen and oxygen atoms in total. The van der Waals surface area contributed by atoms with Gasteiger partial charge in [-0.1, -0.05) is 35.2 Å². The van der Waals surface area contributed by atoms with Crippen molar-refractivity contribution in [2.24, 2.45) is 0 Å². The van der Waals surface area contributed by atoms with Gasteiger partial charge in [-0.05, 0) is 54.1 Å². The van der Waals surface area contributed by atoms with Gasteiger partial charge in [0.15, 0.2) is 0 Å². The van der Waals surface area contributed by atoms with Crippen LogP contribution in [-0.4, -0.2) is 55.7 Å². The Morgan fingerprint density at radius 1 is 0.800 bits per heavy atom. The van der Waals surface area contributed by atoms with E-state index in [2.05, 4.69) is 28.9 Å². The maximum atomic E-state index is 11.2. The Balaban J connectivity index is -0.000000202. The van der Waals surface area contributed by atoms with Crippen LogP contribution in [0.2, 0.25) is 0 Å². The van der Waals surface area contributed by atoms with E-state index in [1.807, 2.05) is 70.5 Å². The van der Waals surface area contributed by atoms with Crippen molar-refractivity contribution in [1.82, 2.24) is 0 Å². The number of hydrogen-bond donors (Lipinski definition) is 0. The molecule has 0 aromatic heterocycles. The molecule has 0 bridgehead atoms. The largest absolute Gasteiger partial charge is 1.00 e. The quantitative estimate of drug-likeness (QED) is 0.107. The summed E-state index contributed by atoms with van der Waals surface area (Å²) in [5.41, 5.74) is -0.775. The average Bonchev–Trinajstić information content (AvgIpc) is 2.58. The zero-order valence-corrected chi connectivity index (χ0v) is 29.3. The van der Waals surface area contributed by atoms with Crippen molar-refractivity contribution in [2.75, 3.05) is 32.6 Å². The predicted octanol–water partition coefficient (Wildman–Crippen LogP) is 3.39. The Labute approximate surface area is 256 Å². The maximum Gasteiger partial charge on any atom is 1.00 e. The van der Waals surface area contributed by atoms with Crippen LogP contribution < -0.4 is 51.4 Å². The first-order valence-electron chi connectivity index (χ1n) is 9.53. The van der Waals surface area contributed by atoms with Crippen LogP contribution in [0.5, 0.6) is 0 Å². The fraction of sp³-hybridized carbons (Fsp3) is 0.895. The Kier molecular flexibility index (Phi) is 35.2. The van der Waals surface area contributed by atoms with E-state index in [1.54, 1.807) is 0 Å². The fourth-order valence-electron chi connectivity index (χ4n) is 1.56. The van der Waals surface area contributed by atoms with Crippen LogP contribution in [0.1, 0.15) is 67.7 Å². The Bertz CT molecular complexity index is 405. The number of rotatable bonds is 11. The smallest absolute Gasteiger partial charge is 0.483 e. The molecule has 0 aromatic carbocycles. The van der Waals surface area contributed by atoms with E-state index in [0.717, 1.165) is 25.4 Å². The van der Waals surface area contributed by atoms with E-state index < -0.39 is 0 Å². The van der Waals surface area contributed by atoms with E-state index in [-0.39, 0.29) is 74.5 Å². The monoisotopic (exact) mass is 718 g/mol. The molecule has 0 N–H and O–H groups in total. The summed E-state index contributed by atoms with van der Waals surface area (Å²) in [5.74, 6) is -0.377. The molecule has 0 fully saturated rings. The molecule has 0 saturated carbocycles. The van der Waals surface area contributed by atoms with Gasteiger partial charge < -0.3 is 47.9 Å². The van der Waals surface area contributed by atoms with Crippen LogP contribution >= 0.6 is 57.2 Å². The van der Waals surface area contributed by atoms with Crippen molar-refractivity contribution in [3.63, 3.8) is 0 Å². The second-order valence-electron chi connectivity index (χ2n) is 7.78. The van der Waals surface area contributed by atoms with Gasteiger partial charge in [-0.25, -0.2) is 0 Å². The van der Waals surface area contributed by atoms with Gasteiger partial charge in [0, 0.05) is 6.61 Å². The molecular weight excluding hydrogens is 679 g/mol. The van der Waals surface area contributed by atoms with E-state index in [9.17, 15) is 9.59 Å². The second-order valence-corrected chi connectivity index (χ2v) is 10.8. The summed E-state index contributed by atoms with van der Waals surface area (Å²) in [4.78, 5) is 22.3. The van der Waals surface area contributed by atoms with Crippen LogP contribution in [0.15, 0.2) is 0 Å². The Hall–Kier alpha value is 2.82. The second kappa shape index (κ2) is 26.4. The van der Waals surface area contributed by atoms with Crippen molar-refractivity contribution in [1.29, 1.82) is 0 Å². The third-order valence-electron chi connectivity index (χ3n) is 2.43. The van der Waals surface area contributed by atoms with Gasteiger partial charge in [-0.3, -0.25) is 9.59 Å². The maximum absolute atomic E-state index is 11.2. The van der Waals surface area contributed by atoms with Gasteiger partial charge in [0.1, 0.15) is 11.2 Å². The first kappa shape index (κ1) is 40.0. The van der Waals surface area contributed by atoms with Gasteiger partial charge in [0.2, 0.25) is 0 Å². The molecule has 0 heterocycles. The summed E-state index contributed by atoms with van der Waals surface area (Å²) in [6, 6.07) is 0. The predicted molar refractivity (Wildman–Crippen MR) is 142 cm³/mol. The van der Waals surface area contributed by atoms with Crippen LogP contribution in [0.3, 0.4) is 0 Å². The molecule has 0 amide bonds. The summed E-state index contributed by atoms with van der Waals surface area (Å²) in [6.07, 6.45) is 3.62. The van der Waals surface area contributed by atoms with Gasteiger partial charge in [-0.2, -0.15) is 0 Å². The normalized spacial score (nSPS) is 10.9. The third-order valence-corrected chi connectivity index (χ3v) is 4.44. The summed E-state index contributed by atoms with van der Waals surface area (Å²) in [5, 5.41) is 0. The topological polar surface area (TPSA) is 71.1 Å². The summed E-state index contributed by atoms with van der Waals surface area (Å²) in [6.45, 7) is 18.5. The van der Waals surface area contributed by atoms with Gasteiger partial charge >= 0.3 is 63.3 Å². The van der Waals surface area contributed by atoms with Gasteiger partial charge in [0.05, 0.1) is 32.7 Å². The molecule has 0 aliphatic heterocycles. The molecule has 0 aliphatic carbocycles. The van der Waals surface area contributed by atoms with E-state index >= 15 is 0 Å². The van der Waals surface area contributed by atoms with Crippen LogP contribution in [0, 0.1) is 0 Å². The molecule has 0 rings (SSSR count). The molecule has 30 heavy (non-hydrogen) atoms. The molecule has 0 saturated heterocycles. The van der Waals surface area contributed by atoms with Gasteiger partial charge in [-0.15, -0.1) is 0 Å². The van der Waals surface area contributed by atoms with E-state index in [0.29, 0.717) is 32.7 Å². The van der Waals surface area contributed by atoms with Gasteiger partial charge in [0.25, 0.3) is 0 Å². The minimum absolute atomic E-state index is 0. The van der Waals surface area contributed by atoms with Crippen molar-refractivity contribution in [3.05, 3.63) is 0 Å². The van der Waals surface area contributed by atoms with Crippen molar-refractivity contribution in [3.8, 4) is 0 Å². The molecule has 0 spiro atoms. The minimum Gasteiger partial charge on any atom is -0.483 e. The molecule has 176 valence electrons.